The molecule has 1 atom stereocenters. The number of thiazole rings is 1. The highest BCUT2D eigenvalue weighted by atomic mass is 32.1. The predicted octanol–water partition coefficient (Wildman–Crippen LogP) is 2.86. The predicted molar refractivity (Wildman–Crippen MR) is 99.9 cm³/mol. The average Bonchev–Trinajstić information content (AvgIpc) is 3.39. The van der Waals surface area contributed by atoms with Crippen LogP contribution in [0.25, 0.3) is 0 Å². The number of hydrogen-bond donors (Lipinski definition) is 1. The maximum Gasteiger partial charge on any atom is 0.276 e. The van der Waals surface area contributed by atoms with Gasteiger partial charge in [-0.1, -0.05) is 6.07 Å². The molecule has 1 aliphatic rings. The SMILES string of the molecule is Cn1nccc1CN1CCC[C@H]1c1cccc(C(=O)Nc2nccs2)n1. The van der Waals surface area contributed by atoms with Gasteiger partial charge in [-0.2, -0.15) is 5.10 Å². The molecule has 1 amide bonds. The second-order valence-corrected chi connectivity index (χ2v) is 7.21. The summed E-state index contributed by atoms with van der Waals surface area (Å²) in [5.41, 5.74) is 2.54. The summed E-state index contributed by atoms with van der Waals surface area (Å²) in [6.07, 6.45) is 5.66. The van der Waals surface area contributed by atoms with Crippen LogP contribution in [0.5, 0.6) is 0 Å². The maximum absolute atomic E-state index is 12.4. The van der Waals surface area contributed by atoms with E-state index in [4.69, 9.17) is 0 Å². The van der Waals surface area contributed by atoms with Gasteiger partial charge in [-0.3, -0.25) is 19.7 Å². The molecule has 3 aromatic heterocycles. The van der Waals surface area contributed by atoms with Gasteiger partial charge in [-0.25, -0.2) is 9.97 Å². The van der Waals surface area contributed by atoms with Crippen molar-refractivity contribution < 1.29 is 4.79 Å². The fourth-order valence-electron chi connectivity index (χ4n) is 3.32. The molecule has 4 rings (SSSR count). The maximum atomic E-state index is 12.4. The van der Waals surface area contributed by atoms with E-state index in [9.17, 15) is 4.79 Å². The van der Waals surface area contributed by atoms with E-state index < -0.39 is 0 Å². The van der Waals surface area contributed by atoms with Crippen molar-refractivity contribution in [3.05, 3.63) is 59.1 Å². The van der Waals surface area contributed by atoms with Crippen LogP contribution in [-0.2, 0) is 13.6 Å². The zero-order chi connectivity index (χ0) is 17.9. The lowest BCUT2D eigenvalue weighted by atomic mass is 10.1. The first-order valence-electron chi connectivity index (χ1n) is 8.59. The van der Waals surface area contributed by atoms with Gasteiger partial charge in [0.1, 0.15) is 5.69 Å². The van der Waals surface area contributed by atoms with E-state index in [2.05, 4.69) is 25.3 Å². The van der Waals surface area contributed by atoms with Gasteiger partial charge in [0.05, 0.1) is 17.4 Å². The summed E-state index contributed by atoms with van der Waals surface area (Å²) in [5, 5.41) is 9.45. The van der Waals surface area contributed by atoms with Gasteiger partial charge in [-0.05, 0) is 37.6 Å². The number of aryl methyl sites for hydroxylation is 1. The molecule has 8 heteroatoms. The molecule has 0 saturated carbocycles. The molecule has 0 spiro atoms. The minimum absolute atomic E-state index is 0.220. The zero-order valence-corrected chi connectivity index (χ0v) is 15.3. The highest BCUT2D eigenvalue weighted by Gasteiger charge is 2.28. The molecule has 1 saturated heterocycles. The first-order chi connectivity index (χ1) is 12.7. The third-order valence-corrected chi connectivity index (χ3v) is 5.34. The van der Waals surface area contributed by atoms with Crippen molar-refractivity contribution in [3.63, 3.8) is 0 Å². The number of nitrogens with one attached hydrogen (secondary N) is 1. The molecule has 134 valence electrons. The van der Waals surface area contributed by atoms with Crippen molar-refractivity contribution in [2.45, 2.75) is 25.4 Å². The van der Waals surface area contributed by atoms with Crippen LogP contribution in [0, 0.1) is 0 Å². The van der Waals surface area contributed by atoms with Gasteiger partial charge in [0.25, 0.3) is 5.91 Å². The molecular formula is C18H20N6OS. The highest BCUT2D eigenvalue weighted by Crippen LogP contribution is 2.32. The molecule has 1 fully saturated rings. The number of likely N-dealkylation sites (tertiary alicyclic amines) is 1. The third kappa shape index (κ3) is 3.51. The van der Waals surface area contributed by atoms with Crippen molar-refractivity contribution in [3.8, 4) is 0 Å². The Morgan fingerprint density at radius 3 is 3.04 bits per heavy atom. The Morgan fingerprint density at radius 2 is 2.27 bits per heavy atom. The summed E-state index contributed by atoms with van der Waals surface area (Å²) in [5.74, 6) is -0.224. The number of pyridine rings is 1. The molecule has 7 nitrogen and oxygen atoms in total. The van der Waals surface area contributed by atoms with Gasteiger partial charge >= 0.3 is 0 Å². The van der Waals surface area contributed by atoms with Crippen molar-refractivity contribution in [2.75, 3.05) is 11.9 Å². The fourth-order valence-corrected chi connectivity index (χ4v) is 3.85. The Labute approximate surface area is 155 Å². The second-order valence-electron chi connectivity index (χ2n) is 6.31. The minimum atomic E-state index is -0.224. The molecule has 1 aliphatic heterocycles. The van der Waals surface area contributed by atoms with E-state index in [0.29, 0.717) is 10.8 Å². The Hall–Kier alpha value is -2.58. The van der Waals surface area contributed by atoms with Gasteiger partial charge in [0, 0.05) is 31.4 Å². The Kier molecular flexibility index (Phi) is 4.77. The summed E-state index contributed by atoms with van der Waals surface area (Å²) in [6.45, 7) is 1.85. The monoisotopic (exact) mass is 368 g/mol. The lowest BCUT2D eigenvalue weighted by molar-refractivity contribution is 0.102. The summed E-state index contributed by atoms with van der Waals surface area (Å²) < 4.78 is 1.90. The van der Waals surface area contributed by atoms with Crippen LogP contribution in [0.15, 0.2) is 42.0 Å². The van der Waals surface area contributed by atoms with Crippen molar-refractivity contribution in [1.82, 2.24) is 24.6 Å². The molecule has 0 bridgehead atoms. The van der Waals surface area contributed by atoms with Crippen LogP contribution in [0.4, 0.5) is 5.13 Å². The molecule has 3 aromatic rings. The topological polar surface area (TPSA) is 75.9 Å². The van der Waals surface area contributed by atoms with E-state index in [1.807, 2.05) is 41.5 Å². The minimum Gasteiger partial charge on any atom is -0.296 e. The van der Waals surface area contributed by atoms with Gasteiger partial charge in [0.15, 0.2) is 5.13 Å². The first-order valence-corrected chi connectivity index (χ1v) is 9.47. The third-order valence-electron chi connectivity index (χ3n) is 4.65. The highest BCUT2D eigenvalue weighted by molar-refractivity contribution is 7.13. The smallest absolute Gasteiger partial charge is 0.276 e. The fraction of sp³-hybridized carbons (Fsp3) is 0.333. The van der Waals surface area contributed by atoms with Crippen LogP contribution in [0.1, 0.15) is 40.8 Å². The van der Waals surface area contributed by atoms with E-state index in [-0.39, 0.29) is 11.9 Å². The van der Waals surface area contributed by atoms with Gasteiger partial charge in [-0.15, -0.1) is 11.3 Å². The Morgan fingerprint density at radius 1 is 1.35 bits per heavy atom. The zero-order valence-electron chi connectivity index (χ0n) is 14.5. The number of hydrogen-bond acceptors (Lipinski definition) is 6. The van der Waals surface area contributed by atoms with Crippen molar-refractivity contribution >= 4 is 22.4 Å². The van der Waals surface area contributed by atoms with E-state index in [1.165, 1.54) is 17.0 Å². The largest absolute Gasteiger partial charge is 0.296 e. The van der Waals surface area contributed by atoms with Crippen molar-refractivity contribution in [1.29, 1.82) is 0 Å². The number of carbonyl (C=O) groups excluding carboxylic acids is 1. The van der Waals surface area contributed by atoms with Crippen LogP contribution < -0.4 is 5.32 Å². The van der Waals surface area contributed by atoms with Gasteiger partial charge in [0.2, 0.25) is 0 Å². The van der Waals surface area contributed by atoms with Crippen LogP contribution >= 0.6 is 11.3 Å². The lowest BCUT2D eigenvalue weighted by Crippen LogP contribution is -2.25. The Balaban J connectivity index is 1.51. The molecule has 0 aliphatic carbocycles. The first kappa shape index (κ1) is 16.9. The molecule has 0 aromatic carbocycles. The number of anilines is 1. The number of aromatic nitrogens is 4. The van der Waals surface area contributed by atoms with Crippen LogP contribution in [0.3, 0.4) is 0 Å². The van der Waals surface area contributed by atoms with Crippen molar-refractivity contribution in [2.24, 2.45) is 7.05 Å². The summed E-state index contributed by atoms with van der Waals surface area (Å²) >= 11 is 1.39. The number of amides is 1. The van der Waals surface area contributed by atoms with Crippen LogP contribution in [-0.4, -0.2) is 37.1 Å². The lowest BCUT2D eigenvalue weighted by Gasteiger charge is -2.24. The summed E-state index contributed by atoms with van der Waals surface area (Å²) in [6, 6.07) is 7.91. The van der Waals surface area contributed by atoms with Crippen LogP contribution in [0.2, 0.25) is 0 Å². The number of carbonyl (C=O) groups is 1. The van der Waals surface area contributed by atoms with E-state index in [1.54, 1.807) is 12.3 Å². The standard InChI is InChI=1S/C18H20N6OS/c1-23-13(7-8-20-23)12-24-10-3-6-16(24)14-4-2-5-15(21-14)17(25)22-18-19-9-11-26-18/h2,4-5,7-9,11,16H,3,6,10,12H2,1H3,(H,19,22,25)/t16-/m0/s1. The van der Waals surface area contributed by atoms with E-state index >= 15 is 0 Å². The summed E-state index contributed by atoms with van der Waals surface area (Å²) in [7, 11) is 1.96. The normalized spacial score (nSPS) is 17.5. The van der Waals surface area contributed by atoms with Gasteiger partial charge < -0.3 is 0 Å². The molecule has 0 unspecified atom stereocenters. The second kappa shape index (κ2) is 7.35. The number of rotatable bonds is 5. The quantitative estimate of drug-likeness (QED) is 0.749. The Bertz CT molecular complexity index is 891. The molecule has 0 radical (unpaired) electrons. The average molecular weight is 368 g/mol. The number of nitrogens with zero attached hydrogens (tertiary/aromatic N) is 5. The van der Waals surface area contributed by atoms with E-state index in [0.717, 1.165) is 31.6 Å². The summed E-state index contributed by atoms with van der Waals surface area (Å²) in [4.78, 5) is 23.6. The molecule has 4 heterocycles. The molecular weight excluding hydrogens is 348 g/mol. The molecule has 1 N–H and O–H groups in total. The molecule has 26 heavy (non-hydrogen) atoms.